The van der Waals surface area contributed by atoms with Gasteiger partial charge < -0.3 is 5.32 Å². The van der Waals surface area contributed by atoms with E-state index in [4.69, 9.17) is 0 Å². The zero-order valence-corrected chi connectivity index (χ0v) is 11.5. The molecule has 0 bridgehead atoms. The van der Waals surface area contributed by atoms with Gasteiger partial charge in [0.05, 0.1) is 5.69 Å². The second-order valence-electron chi connectivity index (χ2n) is 5.22. The summed E-state index contributed by atoms with van der Waals surface area (Å²) in [6.45, 7) is 14.1. The first kappa shape index (κ1) is 12.7. The third-order valence-corrected chi connectivity index (χ3v) is 4.00. The highest BCUT2D eigenvalue weighted by molar-refractivity contribution is 7.11. The fourth-order valence-electron chi connectivity index (χ4n) is 1.16. The molecule has 1 heterocycles. The summed E-state index contributed by atoms with van der Waals surface area (Å²) < 4.78 is 0. The Balaban J connectivity index is 2.51. The number of rotatable bonds is 3. The molecule has 86 valence electrons. The third-order valence-electron chi connectivity index (χ3n) is 2.93. The van der Waals surface area contributed by atoms with Gasteiger partial charge in [-0.3, -0.25) is 0 Å². The van der Waals surface area contributed by atoms with Crippen LogP contribution in [0.25, 0.3) is 0 Å². The molecule has 15 heavy (non-hydrogen) atoms. The Morgan fingerprint density at radius 1 is 1.33 bits per heavy atom. The molecule has 1 unspecified atom stereocenters. The molecule has 1 aromatic rings. The molecule has 0 spiro atoms. The lowest BCUT2D eigenvalue weighted by Gasteiger charge is -2.27. The van der Waals surface area contributed by atoms with E-state index >= 15 is 0 Å². The first-order chi connectivity index (χ1) is 6.80. The van der Waals surface area contributed by atoms with Crippen molar-refractivity contribution in [2.24, 2.45) is 5.41 Å². The molecule has 0 aromatic carbocycles. The van der Waals surface area contributed by atoms with Crippen LogP contribution in [0.1, 0.15) is 43.3 Å². The summed E-state index contributed by atoms with van der Waals surface area (Å²) in [6, 6.07) is 0.502. The molecule has 0 saturated heterocycles. The van der Waals surface area contributed by atoms with Gasteiger partial charge >= 0.3 is 0 Å². The van der Waals surface area contributed by atoms with Crippen LogP contribution in [0.4, 0.5) is 0 Å². The number of aryl methyl sites for hydroxylation is 2. The van der Waals surface area contributed by atoms with Crippen molar-refractivity contribution in [3.63, 3.8) is 0 Å². The van der Waals surface area contributed by atoms with Crippen molar-refractivity contribution < 1.29 is 0 Å². The predicted molar refractivity (Wildman–Crippen MR) is 67.3 cm³/mol. The van der Waals surface area contributed by atoms with Crippen LogP contribution in [0.5, 0.6) is 0 Å². The van der Waals surface area contributed by atoms with Crippen molar-refractivity contribution >= 4 is 11.3 Å². The molecule has 1 N–H and O–H groups in total. The van der Waals surface area contributed by atoms with Gasteiger partial charge in [0.15, 0.2) is 0 Å². The molecule has 1 atom stereocenters. The van der Waals surface area contributed by atoms with Crippen LogP contribution in [0.3, 0.4) is 0 Å². The highest BCUT2D eigenvalue weighted by Gasteiger charge is 2.19. The Bertz CT molecular complexity index is 303. The normalized spacial score (nSPS) is 14.3. The largest absolute Gasteiger partial charge is 0.307 e. The van der Waals surface area contributed by atoms with E-state index in [1.54, 1.807) is 11.3 Å². The standard InChI is InChI=1S/C12H22N2S/c1-8-9(2)15-11(14-8)7-13-10(3)12(4,5)6/h10,13H,7H2,1-6H3. The van der Waals surface area contributed by atoms with E-state index in [0.29, 0.717) is 11.5 Å². The third kappa shape index (κ3) is 3.58. The number of aromatic nitrogens is 1. The predicted octanol–water partition coefficient (Wildman–Crippen LogP) is 3.28. The number of nitrogens with zero attached hydrogens (tertiary/aromatic N) is 1. The molecule has 3 heteroatoms. The van der Waals surface area contributed by atoms with E-state index < -0.39 is 0 Å². The van der Waals surface area contributed by atoms with E-state index in [2.05, 4.69) is 51.8 Å². The summed E-state index contributed by atoms with van der Waals surface area (Å²) in [7, 11) is 0. The van der Waals surface area contributed by atoms with Gasteiger partial charge in [0.1, 0.15) is 5.01 Å². The maximum atomic E-state index is 4.52. The van der Waals surface area contributed by atoms with Gasteiger partial charge in [0.25, 0.3) is 0 Å². The first-order valence-corrected chi connectivity index (χ1v) is 6.28. The van der Waals surface area contributed by atoms with Crippen molar-refractivity contribution in [2.75, 3.05) is 0 Å². The summed E-state index contributed by atoms with van der Waals surface area (Å²) in [6.07, 6.45) is 0. The minimum atomic E-state index is 0.307. The Morgan fingerprint density at radius 3 is 2.33 bits per heavy atom. The topological polar surface area (TPSA) is 24.9 Å². The maximum absolute atomic E-state index is 4.52. The first-order valence-electron chi connectivity index (χ1n) is 5.47. The summed E-state index contributed by atoms with van der Waals surface area (Å²) >= 11 is 1.79. The highest BCUT2D eigenvalue weighted by Crippen LogP contribution is 2.20. The number of hydrogen-bond acceptors (Lipinski definition) is 3. The minimum Gasteiger partial charge on any atom is -0.307 e. The lowest BCUT2D eigenvalue weighted by atomic mass is 9.88. The number of hydrogen-bond donors (Lipinski definition) is 1. The van der Waals surface area contributed by atoms with Crippen molar-refractivity contribution in [3.05, 3.63) is 15.6 Å². The van der Waals surface area contributed by atoms with Gasteiger partial charge in [0.2, 0.25) is 0 Å². The summed E-state index contributed by atoms with van der Waals surface area (Å²) in [4.78, 5) is 5.85. The van der Waals surface area contributed by atoms with Crippen molar-refractivity contribution in [1.29, 1.82) is 0 Å². The van der Waals surface area contributed by atoms with Crippen LogP contribution < -0.4 is 5.32 Å². The molecule has 0 aliphatic carbocycles. The van der Waals surface area contributed by atoms with E-state index in [0.717, 1.165) is 6.54 Å². The number of thiazole rings is 1. The molecule has 0 radical (unpaired) electrons. The van der Waals surface area contributed by atoms with Crippen LogP contribution in [0.2, 0.25) is 0 Å². The van der Waals surface area contributed by atoms with Gasteiger partial charge in [-0.05, 0) is 26.2 Å². The van der Waals surface area contributed by atoms with Gasteiger partial charge in [-0.1, -0.05) is 20.8 Å². The SMILES string of the molecule is Cc1nc(CNC(C)C(C)(C)C)sc1C. The van der Waals surface area contributed by atoms with Gasteiger partial charge in [-0.25, -0.2) is 4.98 Å². The average molecular weight is 226 g/mol. The van der Waals surface area contributed by atoms with Crippen LogP contribution >= 0.6 is 11.3 Å². The fraction of sp³-hybridized carbons (Fsp3) is 0.750. The molecule has 0 saturated carbocycles. The molecule has 0 aliphatic heterocycles. The second kappa shape index (κ2) is 4.62. The zero-order chi connectivity index (χ0) is 11.6. The molecule has 1 rings (SSSR count). The lowest BCUT2D eigenvalue weighted by Crippen LogP contribution is -2.37. The van der Waals surface area contributed by atoms with E-state index in [1.807, 2.05) is 0 Å². The van der Waals surface area contributed by atoms with E-state index in [9.17, 15) is 0 Å². The number of nitrogens with one attached hydrogen (secondary N) is 1. The fourth-order valence-corrected chi connectivity index (χ4v) is 2.05. The quantitative estimate of drug-likeness (QED) is 0.855. The summed E-state index contributed by atoms with van der Waals surface area (Å²) in [5, 5.41) is 4.72. The highest BCUT2D eigenvalue weighted by atomic mass is 32.1. The smallest absolute Gasteiger partial charge is 0.107 e. The van der Waals surface area contributed by atoms with Crippen LogP contribution in [-0.4, -0.2) is 11.0 Å². The van der Waals surface area contributed by atoms with Crippen molar-refractivity contribution in [2.45, 2.75) is 54.1 Å². The van der Waals surface area contributed by atoms with Crippen LogP contribution in [-0.2, 0) is 6.54 Å². The molecule has 1 aromatic heterocycles. The van der Waals surface area contributed by atoms with Gasteiger partial charge in [-0.2, -0.15) is 0 Å². The molecular formula is C12H22N2S. The maximum Gasteiger partial charge on any atom is 0.107 e. The van der Waals surface area contributed by atoms with Crippen molar-refractivity contribution in [3.8, 4) is 0 Å². The monoisotopic (exact) mass is 226 g/mol. The Morgan fingerprint density at radius 2 is 1.93 bits per heavy atom. The van der Waals surface area contributed by atoms with E-state index in [1.165, 1.54) is 15.6 Å². The van der Waals surface area contributed by atoms with E-state index in [-0.39, 0.29) is 0 Å². The molecule has 2 nitrogen and oxygen atoms in total. The molecular weight excluding hydrogens is 204 g/mol. The Hall–Kier alpha value is -0.410. The molecule has 0 fully saturated rings. The van der Waals surface area contributed by atoms with Crippen LogP contribution in [0, 0.1) is 19.3 Å². The lowest BCUT2D eigenvalue weighted by molar-refractivity contribution is 0.285. The summed E-state index contributed by atoms with van der Waals surface area (Å²) in [5.74, 6) is 0. The summed E-state index contributed by atoms with van der Waals surface area (Å²) in [5.41, 5.74) is 1.47. The Kier molecular flexibility index (Phi) is 3.90. The Labute approximate surface area is 97.1 Å². The van der Waals surface area contributed by atoms with Crippen LogP contribution in [0.15, 0.2) is 0 Å². The molecule has 0 aliphatic rings. The van der Waals surface area contributed by atoms with Gasteiger partial charge in [-0.15, -0.1) is 11.3 Å². The molecule has 0 amide bonds. The average Bonchev–Trinajstić information content (AvgIpc) is 2.41. The minimum absolute atomic E-state index is 0.307. The second-order valence-corrected chi connectivity index (χ2v) is 6.51. The van der Waals surface area contributed by atoms with Gasteiger partial charge in [0, 0.05) is 17.5 Å². The van der Waals surface area contributed by atoms with Crippen molar-refractivity contribution in [1.82, 2.24) is 10.3 Å². The zero-order valence-electron chi connectivity index (χ0n) is 10.6.